The maximum Gasteiger partial charge on any atom is 0.270 e. The van der Waals surface area contributed by atoms with Crippen molar-refractivity contribution in [3.05, 3.63) is 62.2 Å². The van der Waals surface area contributed by atoms with Gasteiger partial charge >= 0.3 is 0 Å². The van der Waals surface area contributed by atoms with Gasteiger partial charge < -0.3 is 10.1 Å². The Kier molecular flexibility index (Phi) is 4.86. The molecule has 2 rings (SSSR count). The number of nitro groups is 1. The van der Waals surface area contributed by atoms with E-state index in [1.165, 1.54) is 25.3 Å². The summed E-state index contributed by atoms with van der Waals surface area (Å²) < 4.78 is 5.04. The number of carbonyl (C=O) groups excluding carboxylic acids is 1. The molecule has 0 unspecified atom stereocenters. The highest BCUT2D eigenvalue weighted by atomic mass is 35.5. The summed E-state index contributed by atoms with van der Waals surface area (Å²) in [5.41, 5.74) is 2.14. The number of amides is 1. The van der Waals surface area contributed by atoms with Crippen molar-refractivity contribution in [2.75, 3.05) is 12.4 Å². The molecule has 0 spiro atoms. The second-order valence-corrected chi connectivity index (χ2v) is 5.42. The molecule has 0 aliphatic carbocycles. The number of hydrogen-bond acceptors (Lipinski definition) is 4. The maximum absolute atomic E-state index is 12.3. The second kappa shape index (κ2) is 6.66. The Morgan fingerprint density at radius 3 is 2.30 bits per heavy atom. The van der Waals surface area contributed by atoms with Crippen molar-refractivity contribution < 1.29 is 14.5 Å². The molecule has 2 aromatic rings. The molecule has 1 N–H and O–H groups in total. The number of nitrogens with zero attached hydrogens (tertiary/aromatic N) is 1. The van der Waals surface area contributed by atoms with Crippen LogP contribution in [0.4, 0.5) is 11.4 Å². The molecule has 0 radical (unpaired) electrons. The van der Waals surface area contributed by atoms with Gasteiger partial charge in [0.25, 0.3) is 11.6 Å². The van der Waals surface area contributed by atoms with Crippen molar-refractivity contribution in [1.29, 1.82) is 0 Å². The summed E-state index contributed by atoms with van der Waals surface area (Å²) in [7, 11) is 1.49. The van der Waals surface area contributed by atoms with Crippen LogP contribution >= 0.6 is 11.6 Å². The molecule has 0 atom stereocenters. The normalized spacial score (nSPS) is 10.3. The Morgan fingerprint density at radius 2 is 1.83 bits per heavy atom. The number of halogens is 1. The van der Waals surface area contributed by atoms with Gasteiger partial charge in [-0.2, -0.15) is 0 Å². The zero-order chi connectivity index (χ0) is 17.1. The summed E-state index contributed by atoms with van der Waals surface area (Å²) >= 11 is 6.01. The summed E-state index contributed by atoms with van der Waals surface area (Å²) in [5.74, 6) is 0.125. The lowest BCUT2D eigenvalue weighted by atomic mass is 10.1. The molecule has 0 aromatic heterocycles. The number of methoxy groups -OCH3 is 1. The average Bonchev–Trinajstić information content (AvgIpc) is 2.50. The Balaban J connectivity index is 2.30. The van der Waals surface area contributed by atoms with E-state index in [2.05, 4.69) is 5.32 Å². The largest absolute Gasteiger partial charge is 0.495 e. The number of ether oxygens (including phenoxy) is 1. The van der Waals surface area contributed by atoms with E-state index in [1.54, 1.807) is 26.0 Å². The Labute approximate surface area is 138 Å². The predicted octanol–water partition coefficient (Wildman–Crippen LogP) is 4.13. The molecular formula is C16H15ClN2O4. The summed E-state index contributed by atoms with van der Waals surface area (Å²) in [5, 5.41) is 13.9. The molecule has 0 bridgehead atoms. The molecule has 0 saturated heterocycles. The first-order valence-corrected chi connectivity index (χ1v) is 7.11. The number of hydrogen-bond donors (Lipinski definition) is 1. The lowest BCUT2D eigenvalue weighted by molar-refractivity contribution is -0.384. The van der Waals surface area contributed by atoms with Gasteiger partial charge in [-0.1, -0.05) is 11.6 Å². The third-order valence-corrected chi connectivity index (χ3v) is 3.68. The third-order valence-electron chi connectivity index (χ3n) is 3.38. The van der Waals surface area contributed by atoms with Crippen LogP contribution < -0.4 is 10.1 Å². The molecule has 0 heterocycles. The lowest BCUT2D eigenvalue weighted by Gasteiger charge is -2.12. The Bertz CT molecular complexity index is 767. The van der Waals surface area contributed by atoms with E-state index < -0.39 is 4.92 Å². The number of carbonyl (C=O) groups is 1. The smallest absolute Gasteiger partial charge is 0.270 e. The number of rotatable bonds is 4. The van der Waals surface area contributed by atoms with Crippen LogP contribution in [0.25, 0.3) is 0 Å². The van der Waals surface area contributed by atoms with E-state index in [0.717, 1.165) is 0 Å². The van der Waals surface area contributed by atoms with E-state index in [0.29, 0.717) is 33.1 Å². The quantitative estimate of drug-likeness (QED) is 0.673. The number of non-ortho nitro benzene ring substituents is 1. The second-order valence-electron chi connectivity index (χ2n) is 5.02. The van der Waals surface area contributed by atoms with Crippen LogP contribution in [0.2, 0.25) is 5.02 Å². The summed E-state index contributed by atoms with van der Waals surface area (Å²) in [6, 6.07) is 7.54. The van der Waals surface area contributed by atoms with Crippen molar-refractivity contribution >= 4 is 28.9 Å². The van der Waals surface area contributed by atoms with Crippen molar-refractivity contribution in [3.63, 3.8) is 0 Å². The van der Waals surface area contributed by atoms with Gasteiger partial charge in [0.15, 0.2) is 0 Å². The van der Waals surface area contributed by atoms with Gasteiger partial charge in [0.1, 0.15) is 5.75 Å². The number of nitrogens with one attached hydrogen (secondary N) is 1. The van der Waals surface area contributed by atoms with Crippen LogP contribution in [0.1, 0.15) is 21.5 Å². The van der Waals surface area contributed by atoms with Gasteiger partial charge in [0, 0.05) is 23.4 Å². The van der Waals surface area contributed by atoms with Crippen LogP contribution in [0.15, 0.2) is 30.3 Å². The van der Waals surface area contributed by atoms with Gasteiger partial charge in [-0.3, -0.25) is 14.9 Å². The highest BCUT2D eigenvalue weighted by Gasteiger charge is 2.15. The van der Waals surface area contributed by atoms with Crippen molar-refractivity contribution in [1.82, 2.24) is 0 Å². The van der Waals surface area contributed by atoms with E-state index in [4.69, 9.17) is 16.3 Å². The minimum atomic E-state index is -0.463. The number of benzene rings is 2. The molecule has 0 aliphatic heterocycles. The molecule has 0 fully saturated rings. The van der Waals surface area contributed by atoms with Crippen LogP contribution in [0, 0.1) is 24.0 Å². The molecular weight excluding hydrogens is 320 g/mol. The van der Waals surface area contributed by atoms with Gasteiger partial charge in [0.2, 0.25) is 0 Å². The van der Waals surface area contributed by atoms with Crippen LogP contribution in [0.3, 0.4) is 0 Å². The SMILES string of the molecule is COc1ccc(C(=O)Nc2c(C)cc([N+](=O)[O-])cc2C)cc1Cl. The number of nitro benzene ring substituents is 1. The van der Waals surface area contributed by atoms with Crippen molar-refractivity contribution in [3.8, 4) is 5.75 Å². The molecule has 120 valence electrons. The average molecular weight is 335 g/mol. The first-order valence-electron chi connectivity index (χ1n) is 6.74. The third kappa shape index (κ3) is 3.60. The molecule has 7 heteroatoms. The van der Waals surface area contributed by atoms with Crippen LogP contribution in [-0.2, 0) is 0 Å². The minimum Gasteiger partial charge on any atom is -0.495 e. The minimum absolute atomic E-state index is 0.00880. The molecule has 23 heavy (non-hydrogen) atoms. The molecule has 0 aliphatic rings. The highest BCUT2D eigenvalue weighted by molar-refractivity contribution is 6.32. The van der Waals surface area contributed by atoms with Gasteiger partial charge in [0.05, 0.1) is 17.1 Å². The molecule has 0 saturated carbocycles. The topological polar surface area (TPSA) is 81.5 Å². The van der Waals surface area contributed by atoms with E-state index in [9.17, 15) is 14.9 Å². The fourth-order valence-corrected chi connectivity index (χ4v) is 2.49. The monoisotopic (exact) mass is 334 g/mol. The highest BCUT2D eigenvalue weighted by Crippen LogP contribution is 2.28. The Morgan fingerprint density at radius 1 is 1.22 bits per heavy atom. The first-order chi connectivity index (χ1) is 10.8. The molecule has 6 nitrogen and oxygen atoms in total. The summed E-state index contributed by atoms with van der Waals surface area (Å²) in [6.45, 7) is 3.41. The Hall–Kier alpha value is -2.60. The van der Waals surface area contributed by atoms with Gasteiger partial charge in [-0.15, -0.1) is 0 Å². The molecule has 2 aromatic carbocycles. The fourth-order valence-electron chi connectivity index (χ4n) is 2.24. The van der Waals surface area contributed by atoms with Gasteiger partial charge in [-0.25, -0.2) is 0 Å². The van der Waals surface area contributed by atoms with Gasteiger partial charge in [-0.05, 0) is 43.2 Å². The standard InChI is InChI=1S/C16H15ClN2O4/c1-9-6-12(19(21)22)7-10(2)15(9)18-16(20)11-4-5-14(23-3)13(17)8-11/h4-8H,1-3H3,(H,18,20). The lowest BCUT2D eigenvalue weighted by Crippen LogP contribution is -2.14. The summed E-state index contributed by atoms with van der Waals surface area (Å²) in [6.07, 6.45) is 0. The molecule has 1 amide bonds. The summed E-state index contributed by atoms with van der Waals surface area (Å²) in [4.78, 5) is 22.7. The zero-order valence-electron chi connectivity index (χ0n) is 12.8. The van der Waals surface area contributed by atoms with E-state index in [-0.39, 0.29) is 11.6 Å². The predicted molar refractivity (Wildman–Crippen MR) is 88.5 cm³/mol. The maximum atomic E-state index is 12.3. The van der Waals surface area contributed by atoms with Crippen molar-refractivity contribution in [2.45, 2.75) is 13.8 Å². The number of aryl methyl sites for hydroxylation is 2. The first kappa shape index (κ1) is 16.8. The van der Waals surface area contributed by atoms with Crippen LogP contribution in [0.5, 0.6) is 5.75 Å². The number of anilines is 1. The van der Waals surface area contributed by atoms with Crippen LogP contribution in [-0.4, -0.2) is 17.9 Å². The van der Waals surface area contributed by atoms with E-state index in [1.807, 2.05) is 0 Å². The van der Waals surface area contributed by atoms with Crippen molar-refractivity contribution in [2.24, 2.45) is 0 Å². The fraction of sp³-hybridized carbons (Fsp3) is 0.188. The zero-order valence-corrected chi connectivity index (χ0v) is 13.6. The van der Waals surface area contributed by atoms with E-state index >= 15 is 0 Å².